The summed E-state index contributed by atoms with van der Waals surface area (Å²) in [5, 5.41) is 0. The molecule has 1 aromatic rings. The van der Waals surface area contributed by atoms with Crippen molar-refractivity contribution in [1.82, 2.24) is 0 Å². The van der Waals surface area contributed by atoms with Crippen molar-refractivity contribution in [1.29, 1.82) is 0 Å². The molecule has 2 N–H and O–H groups in total. The lowest BCUT2D eigenvalue weighted by Gasteiger charge is -2.17. The third kappa shape index (κ3) is 2.93. The fourth-order valence-electron chi connectivity index (χ4n) is 1.85. The zero-order valence-corrected chi connectivity index (χ0v) is 9.92. The van der Waals surface area contributed by atoms with E-state index in [0.717, 1.165) is 11.1 Å². The number of benzene rings is 1. The van der Waals surface area contributed by atoms with Crippen LogP contribution in [-0.2, 0) is 11.3 Å². The van der Waals surface area contributed by atoms with E-state index in [1.54, 1.807) is 7.11 Å². The van der Waals surface area contributed by atoms with Crippen LogP contribution in [0.2, 0.25) is 0 Å². The van der Waals surface area contributed by atoms with E-state index in [9.17, 15) is 4.39 Å². The molecule has 0 aliphatic carbocycles. The van der Waals surface area contributed by atoms with Crippen molar-refractivity contribution in [3.05, 3.63) is 29.1 Å². The lowest BCUT2D eigenvalue weighted by molar-refractivity contribution is 0.141. The monoisotopic (exact) mass is 227 g/mol. The van der Waals surface area contributed by atoms with Gasteiger partial charge in [0.25, 0.3) is 0 Å². The summed E-state index contributed by atoms with van der Waals surface area (Å²) in [6, 6.07) is 2.92. The maximum Gasteiger partial charge on any atom is 0.127 e. The van der Waals surface area contributed by atoms with Gasteiger partial charge in [-0.1, -0.05) is 13.8 Å². The summed E-state index contributed by atoms with van der Waals surface area (Å²) in [6.45, 7) is 4.46. The molecule has 0 aromatic heterocycles. The predicted octanol–water partition coefficient (Wildman–Crippen LogP) is 2.39. The molecule has 0 fully saturated rings. The van der Waals surface area contributed by atoms with Crippen molar-refractivity contribution in [2.24, 2.45) is 5.90 Å². The molecule has 0 heterocycles. The molecular weight excluding hydrogens is 209 g/mol. The second-order valence-corrected chi connectivity index (χ2v) is 3.96. The second kappa shape index (κ2) is 5.82. The molecule has 1 rings (SSSR count). The SMILES string of the molecule is COc1cc(F)cc(CCON)c1C(C)C. The molecule has 3 nitrogen and oxygen atoms in total. The highest BCUT2D eigenvalue weighted by atomic mass is 19.1. The van der Waals surface area contributed by atoms with Gasteiger partial charge < -0.3 is 9.57 Å². The van der Waals surface area contributed by atoms with Gasteiger partial charge in [0.2, 0.25) is 0 Å². The smallest absolute Gasteiger partial charge is 0.127 e. The molecule has 0 bridgehead atoms. The number of rotatable bonds is 5. The van der Waals surface area contributed by atoms with E-state index in [1.165, 1.54) is 12.1 Å². The van der Waals surface area contributed by atoms with Crippen LogP contribution >= 0.6 is 0 Å². The Balaban J connectivity index is 3.15. The number of hydrogen-bond acceptors (Lipinski definition) is 3. The second-order valence-electron chi connectivity index (χ2n) is 3.96. The molecule has 0 saturated carbocycles. The Morgan fingerprint density at radius 1 is 1.38 bits per heavy atom. The van der Waals surface area contributed by atoms with Crippen LogP contribution < -0.4 is 10.6 Å². The highest BCUT2D eigenvalue weighted by Crippen LogP contribution is 2.31. The first-order chi connectivity index (χ1) is 7.60. The van der Waals surface area contributed by atoms with Gasteiger partial charge in [0.05, 0.1) is 13.7 Å². The van der Waals surface area contributed by atoms with Crippen LogP contribution in [0.3, 0.4) is 0 Å². The molecule has 0 amide bonds. The standard InChI is InChI=1S/C12H18FNO2/c1-8(2)12-9(4-5-16-14)6-10(13)7-11(12)15-3/h6-8H,4-5,14H2,1-3H3. The summed E-state index contributed by atoms with van der Waals surface area (Å²) in [4.78, 5) is 4.53. The van der Waals surface area contributed by atoms with E-state index >= 15 is 0 Å². The Hall–Kier alpha value is -1.13. The molecule has 16 heavy (non-hydrogen) atoms. The number of methoxy groups -OCH3 is 1. The zero-order valence-electron chi connectivity index (χ0n) is 9.92. The first kappa shape index (κ1) is 12.9. The van der Waals surface area contributed by atoms with Crippen LogP contribution in [0.1, 0.15) is 30.9 Å². The Bertz CT molecular complexity index is 353. The average Bonchev–Trinajstić information content (AvgIpc) is 2.24. The number of nitrogens with two attached hydrogens (primary N) is 1. The maximum atomic E-state index is 13.3. The number of ether oxygens (including phenoxy) is 1. The minimum absolute atomic E-state index is 0.267. The third-order valence-corrected chi connectivity index (χ3v) is 2.48. The van der Waals surface area contributed by atoms with E-state index < -0.39 is 0 Å². The van der Waals surface area contributed by atoms with E-state index in [1.807, 2.05) is 13.8 Å². The van der Waals surface area contributed by atoms with Crippen LogP contribution in [0.25, 0.3) is 0 Å². The van der Waals surface area contributed by atoms with Gasteiger partial charge >= 0.3 is 0 Å². The summed E-state index contributed by atoms with van der Waals surface area (Å²) < 4.78 is 18.5. The maximum absolute atomic E-state index is 13.3. The number of hydrogen-bond donors (Lipinski definition) is 1. The van der Waals surface area contributed by atoms with Gasteiger partial charge in [-0.3, -0.25) is 0 Å². The van der Waals surface area contributed by atoms with Crippen molar-refractivity contribution in [3.8, 4) is 5.75 Å². The van der Waals surface area contributed by atoms with E-state index in [0.29, 0.717) is 18.8 Å². The molecule has 0 spiro atoms. The van der Waals surface area contributed by atoms with Crippen molar-refractivity contribution in [3.63, 3.8) is 0 Å². The van der Waals surface area contributed by atoms with Crippen LogP contribution in [0.4, 0.5) is 4.39 Å². The summed E-state index contributed by atoms with van der Waals surface area (Å²) in [7, 11) is 1.55. The highest BCUT2D eigenvalue weighted by molar-refractivity contribution is 5.43. The van der Waals surface area contributed by atoms with Crippen LogP contribution in [-0.4, -0.2) is 13.7 Å². The third-order valence-electron chi connectivity index (χ3n) is 2.48. The van der Waals surface area contributed by atoms with Gasteiger partial charge in [-0.05, 0) is 24.0 Å². The Morgan fingerprint density at radius 3 is 2.56 bits per heavy atom. The van der Waals surface area contributed by atoms with E-state index in [-0.39, 0.29) is 11.7 Å². The largest absolute Gasteiger partial charge is 0.496 e. The Morgan fingerprint density at radius 2 is 2.06 bits per heavy atom. The summed E-state index contributed by atoms with van der Waals surface area (Å²) in [5.74, 6) is 5.54. The molecule has 0 aliphatic heterocycles. The van der Waals surface area contributed by atoms with E-state index in [2.05, 4.69) is 4.84 Å². The molecule has 1 aromatic carbocycles. The molecule has 0 aliphatic rings. The summed E-state index contributed by atoms with van der Waals surface area (Å²) in [5.41, 5.74) is 1.90. The zero-order chi connectivity index (χ0) is 12.1. The van der Waals surface area contributed by atoms with Crippen LogP contribution in [0.5, 0.6) is 5.75 Å². The van der Waals surface area contributed by atoms with Gasteiger partial charge in [-0.2, -0.15) is 0 Å². The van der Waals surface area contributed by atoms with Gasteiger partial charge in [-0.15, -0.1) is 0 Å². The van der Waals surface area contributed by atoms with Gasteiger partial charge in [0.1, 0.15) is 11.6 Å². The highest BCUT2D eigenvalue weighted by Gasteiger charge is 2.14. The fourth-order valence-corrected chi connectivity index (χ4v) is 1.85. The minimum Gasteiger partial charge on any atom is -0.496 e. The molecule has 0 atom stereocenters. The summed E-state index contributed by atoms with van der Waals surface area (Å²) in [6.07, 6.45) is 0.581. The summed E-state index contributed by atoms with van der Waals surface area (Å²) >= 11 is 0. The molecule has 0 saturated heterocycles. The quantitative estimate of drug-likeness (QED) is 0.785. The molecule has 4 heteroatoms. The lowest BCUT2D eigenvalue weighted by atomic mass is 9.94. The van der Waals surface area contributed by atoms with E-state index in [4.69, 9.17) is 10.6 Å². The topological polar surface area (TPSA) is 44.5 Å². The molecule has 0 radical (unpaired) electrons. The van der Waals surface area contributed by atoms with Crippen LogP contribution in [0, 0.1) is 5.82 Å². The van der Waals surface area contributed by atoms with Crippen molar-refractivity contribution in [2.45, 2.75) is 26.2 Å². The Labute approximate surface area is 95.3 Å². The lowest BCUT2D eigenvalue weighted by Crippen LogP contribution is -2.08. The predicted molar refractivity (Wildman–Crippen MR) is 60.9 cm³/mol. The van der Waals surface area contributed by atoms with Gasteiger partial charge in [0, 0.05) is 11.6 Å². The molecular formula is C12H18FNO2. The minimum atomic E-state index is -0.298. The normalized spacial score (nSPS) is 10.9. The molecule has 90 valence electrons. The Kier molecular flexibility index (Phi) is 4.71. The van der Waals surface area contributed by atoms with Crippen molar-refractivity contribution in [2.75, 3.05) is 13.7 Å². The first-order valence-electron chi connectivity index (χ1n) is 5.28. The van der Waals surface area contributed by atoms with Crippen molar-refractivity contribution < 1.29 is 14.0 Å². The first-order valence-corrected chi connectivity index (χ1v) is 5.28. The fraction of sp³-hybridized carbons (Fsp3) is 0.500. The molecule has 0 unspecified atom stereocenters. The average molecular weight is 227 g/mol. The van der Waals surface area contributed by atoms with Crippen LogP contribution in [0.15, 0.2) is 12.1 Å². The van der Waals surface area contributed by atoms with Gasteiger partial charge in [-0.25, -0.2) is 10.3 Å². The number of halogens is 1. The van der Waals surface area contributed by atoms with Gasteiger partial charge in [0.15, 0.2) is 0 Å². The van der Waals surface area contributed by atoms with Crippen molar-refractivity contribution >= 4 is 0 Å².